The van der Waals surface area contributed by atoms with Gasteiger partial charge in [0.1, 0.15) is 23.0 Å². The minimum atomic E-state index is 0.738. The van der Waals surface area contributed by atoms with Crippen LogP contribution in [0.2, 0.25) is 0 Å². The Hall–Kier alpha value is -4.86. The number of ether oxygens (including phenoxy) is 4. The first kappa shape index (κ1) is 36.4. The highest BCUT2D eigenvalue weighted by Crippen LogP contribution is 2.23. The van der Waals surface area contributed by atoms with E-state index < -0.39 is 0 Å². The van der Waals surface area contributed by atoms with Crippen molar-refractivity contribution in [3.05, 3.63) is 154 Å². The van der Waals surface area contributed by atoms with Gasteiger partial charge in [-0.2, -0.15) is 0 Å². The van der Waals surface area contributed by atoms with Gasteiger partial charge in [0.2, 0.25) is 0 Å². The molecular formula is C42H50N4O4. The molecular weight excluding hydrogens is 624 g/mol. The van der Waals surface area contributed by atoms with Gasteiger partial charge >= 0.3 is 0 Å². The van der Waals surface area contributed by atoms with E-state index in [1.165, 1.54) is 33.4 Å². The smallest absolute Gasteiger partial charge is 0.122 e. The van der Waals surface area contributed by atoms with Gasteiger partial charge in [0.05, 0.1) is 28.4 Å². The molecule has 5 aromatic rings. The number of benzene rings is 5. The number of methoxy groups -OCH3 is 4. The van der Waals surface area contributed by atoms with Gasteiger partial charge < -0.3 is 40.2 Å². The Morgan fingerprint density at radius 3 is 0.640 bits per heavy atom. The second-order valence-electron chi connectivity index (χ2n) is 12.3. The predicted octanol–water partition coefficient (Wildman–Crippen LogP) is 6.88. The van der Waals surface area contributed by atoms with Gasteiger partial charge in [-0.05, 0) is 68.8 Å². The minimum absolute atomic E-state index is 0.738. The van der Waals surface area contributed by atoms with E-state index in [1.807, 2.05) is 36.4 Å². The third kappa shape index (κ3) is 11.6. The molecule has 8 nitrogen and oxygen atoms in total. The fourth-order valence-electron chi connectivity index (χ4n) is 5.67. The molecule has 0 atom stereocenters. The Morgan fingerprint density at radius 2 is 0.460 bits per heavy atom. The Labute approximate surface area is 297 Å². The maximum Gasteiger partial charge on any atom is 0.122 e. The van der Waals surface area contributed by atoms with E-state index in [4.69, 9.17) is 18.9 Å². The van der Waals surface area contributed by atoms with Crippen LogP contribution < -0.4 is 40.2 Å². The highest BCUT2D eigenvalue weighted by atomic mass is 16.5. The molecule has 5 aromatic carbocycles. The van der Waals surface area contributed by atoms with Gasteiger partial charge in [-0.1, -0.05) is 72.8 Å². The summed E-state index contributed by atoms with van der Waals surface area (Å²) in [5, 5.41) is 14.2. The zero-order valence-electron chi connectivity index (χ0n) is 29.7. The molecule has 0 aromatic heterocycles. The van der Waals surface area contributed by atoms with E-state index in [0.29, 0.717) is 0 Å². The quantitative estimate of drug-likeness (QED) is 0.0712. The molecule has 0 unspecified atom stereocenters. The van der Waals surface area contributed by atoms with E-state index >= 15 is 0 Å². The monoisotopic (exact) mass is 674 g/mol. The molecule has 0 saturated carbocycles. The van der Waals surface area contributed by atoms with Crippen LogP contribution in [-0.4, -0.2) is 28.4 Å². The molecule has 4 N–H and O–H groups in total. The minimum Gasteiger partial charge on any atom is -0.497 e. The maximum atomic E-state index is 5.37. The van der Waals surface area contributed by atoms with Crippen molar-refractivity contribution in [3.63, 3.8) is 0 Å². The molecule has 0 aliphatic carbocycles. The SMILES string of the molecule is COc1cc(CNCc2ccc(CNCc3ccc(CNCc4ccc(CNCc5cc(OC)cc(OC)c5)cc4)cc3)cc2)cc(OC)c1. The maximum absolute atomic E-state index is 5.37. The Kier molecular flexibility index (Phi) is 14.1. The third-order valence-electron chi connectivity index (χ3n) is 8.52. The summed E-state index contributed by atoms with van der Waals surface area (Å²) in [6.07, 6.45) is 0. The van der Waals surface area contributed by atoms with Gasteiger partial charge in [0, 0.05) is 64.5 Å². The van der Waals surface area contributed by atoms with Crippen LogP contribution in [0, 0.1) is 0 Å². The summed E-state index contributed by atoms with van der Waals surface area (Å²) in [7, 11) is 6.68. The molecule has 8 heteroatoms. The number of rotatable bonds is 20. The Morgan fingerprint density at radius 1 is 0.280 bits per heavy atom. The van der Waals surface area contributed by atoms with Crippen LogP contribution >= 0.6 is 0 Å². The van der Waals surface area contributed by atoms with Crippen LogP contribution in [-0.2, 0) is 52.4 Å². The van der Waals surface area contributed by atoms with E-state index in [-0.39, 0.29) is 0 Å². The average molecular weight is 675 g/mol. The lowest BCUT2D eigenvalue weighted by Crippen LogP contribution is -2.15. The molecule has 0 spiro atoms. The predicted molar refractivity (Wildman–Crippen MR) is 201 cm³/mol. The van der Waals surface area contributed by atoms with Crippen LogP contribution in [0.25, 0.3) is 0 Å². The molecule has 0 aliphatic heterocycles. The first-order valence-electron chi connectivity index (χ1n) is 17.0. The summed E-state index contributed by atoms with van der Waals surface area (Å²) in [5.41, 5.74) is 9.84. The summed E-state index contributed by atoms with van der Waals surface area (Å²) < 4.78 is 21.5. The Balaban J connectivity index is 0.957. The van der Waals surface area contributed by atoms with Crippen molar-refractivity contribution in [2.75, 3.05) is 28.4 Å². The second-order valence-corrected chi connectivity index (χ2v) is 12.3. The van der Waals surface area contributed by atoms with Gasteiger partial charge in [0.15, 0.2) is 0 Å². The van der Waals surface area contributed by atoms with Gasteiger partial charge in [0.25, 0.3) is 0 Å². The molecule has 0 amide bonds. The van der Waals surface area contributed by atoms with Crippen molar-refractivity contribution >= 4 is 0 Å². The summed E-state index contributed by atoms with van der Waals surface area (Å²) in [4.78, 5) is 0. The van der Waals surface area contributed by atoms with Crippen molar-refractivity contribution < 1.29 is 18.9 Å². The van der Waals surface area contributed by atoms with Crippen molar-refractivity contribution in [1.82, 2.24) is 21.3 Å². The molecule has 0 heterocycles. The van der Waals surface area contributed by atoms with Crippen LogP contribution in [0.3, 0.4) is 0 Å². The summed E-state index contributed by atoms with van der Waals surface area (Å²) >= 11 is 0. The highest BCUT2D eigenvalue weighted by Gasteiger charge is 2.05. The standard InChI is InChI=1S/C42H50N4O4/c1-47-39-17-37(18-40(21-39)48-2)29-45-27-35-13-9-33(10-14-35)25-43-23-31-5-7-32(8-6-31)24-44-26-34-11-15-36(16-12-34)28-46-30-38-19-41(49-3)22-42(20-38)50-4/h5-22,43-46H,23-30H2,1-4H3. The van der Waals surface area contributed by atoms with E-state index in [0.717, 1.165) is 86.5 Å². The third-order valence-corrected chi connectivity index (χ3v) is 8.52. The van der Waals surface area contributed by atoms with Gasteiger partial charge in [-0.15, -0.1) is 0 Å². The summed E-state index contributed by atoms with van der Waals surface area (Å²) in [6.45, 7) is 6.38. The van der Waals surface area contributed by atoms with Crippen LogP contribution in [0.5, 0.6) is 23.0 Å². The summed E-state index contributed by atoms with van der Waals surface area (Å²) in [5.74, 6) is 3.20. The molecule has 5 rings (SSSR count). The zero-order chi connectivity index (χ0) is 35.0. The van der Waals surface area contributed by atoms with Gasteiger partial charge in [-0.3, -0.25) is 0 Å². The molecule has 0 radical (unpaired) electrons. The largest absolute Gasteiger partial charge is 0.497 e. The zero-order valence-corrected chi connectivity index (χ0v) is 29.7. The first-order valence-corrected chi connectivity index (χ1v) is 17.0. The molecule has 0 saturated heterocycles. The van der Waals surface area contributed by atoms with Crippen LogP contribution in [0.15, 0.2) is 109 Å². The number of hydrogen-bond donors (Lipinski definition) is 4. The topological polar surface area (TPSA) is 85.0 Å². The summed E-state index contributed by atoms with van der Waals surface area (Å²) in [6, 6.07) is 38.2. The van der Waals surface area contributed by atoms with Crippen molar-refractivity contribution in [2.24, 2.45) is 0 Å². The fourth-order valence-corrected chi connectivity index (χ4v) is 5.67. The van der Waals surface area contributed by atoms with Crippen molar-refractivity contribution in [2.45, 2.75) is 52.4 Å². The lowest BCUT2D eigenvalue weighted by molar-refractivity contribution is 0.393. The van der Waals surface area contributed by atoms with Crippen molar-refractivity contribution in [1.29, 1.82) is 0 Å². The molecule has 262 valence electrons. The molecule has 0 fully saturated rings. The molecule has 0 bridgehead atoms. The lowest BCUT2D eigenvalue weighted by Gasteiger charge is -2.11. The van der Waals surface area contributed by atoms with Gasteiger partial charge in [-0.25, -0.2) is 0 Å². The normalized spacial score (nSPS) is 11.0. The van der Waals surface area contributed by atoms with E-state index in [2.05, 4.69) is 94.1 Å². The van der Waals surface area contributed by atoms with E-state index in [1.54, 1.807) is 28.4 Å². The number of nitrogens with one attached hydrogen (secondary N) is 4. The van der Waals surface area contributed by atoms with E-state index in [9.17, 15) is 0 Å². The molecule has 50 heavy (non-hydrogen) atoms. The first-order chi connectivity index (χ1) is 24.5. The Bertz CT molecular complexity index is 1570. The second kappa shape index (κ2) is 19.4. The van der Waals surface area contributed by atoms with Crippen molar-refractivity contribution in [3.8, 4) is 23.0 Å². The highest BCUT2D eigenvalue weighted by molar-refractivity contribution is 5.39. The van der Waals surface area contributed by atoms with Crippen LogP contribution in [0.1, 0.15) is 44.5 Å². The fraction of sp³-hybridized carbons (Fsp3) is 0.286. The van der Waals surface area contributed by atoms with Crippen LogP contribution in [0.4, 0.5) is 0 Å². The lowest BCUT2D eigenvalue weighted by atomic mass is 10.1. The average Bonchev–Trinajstić information content (AvgIpc) is 3.16. The molecule has 0 aliphatic rings. The number of hydrogen-bond acceptors (Lipinski definition) is 8.